The Balaban J connectivity index is 1.80. The van der Waals surface area contributed by atoms with Gasteiger partial charge in [0.1, 0.15) is 11.3 Å². The standard InChI is InChI=1S/C20H22N4O5S/c1-20(19(25)26,23-30(27,28)24(2)3)12-14-4-6-16(7-5-14)29-18-17-9-10-21-13-15(17)8-11-22-18/h4-11,13,23H,12H2,1-3H3,(H,25,26)/t20-/m0/s1. The number of carboxylic acids is 1. The van der Waals surface area contributed by atoms with Crippen LogP contribution in [0.1, 0.15) is 12.5 Å². The van der Waals surface area contributed by atoms with E-state index in [0.29, 0.717) is 17.2 Å². The van der Waals surface area contributed by atoms with Gasteiger partial charge < -0.3 is 9.84 Å². The third kappa shape index (κ3) is 4.73. The van der Waals surface area contributed by atoms with Gasteiger partial charge >= 0.3 is 5.97 Å². The summed E-state index contributed by atoms with van der Waals surface area (Å²) in [4.78, 5) is 20.1. The second-order valence-corrected chi connectivity index (χ2v) is 9.05. The van der Waals surface area contributed by atoms with Gasteiger partial charge in [0.05, 0.1) is 0 Å². The summed E-state index contributed by atoms with van der Waals surface area (Å²) in [7, 11) is -1.27. The molecule has 2 aromatic heterocycles. The molecule has 2 heterocycles. The maximum Gasteiger partial charge on any atom is 0.324 e. The van der Waals surface area contributed by atoms with Gasteiger partial charge in [-0.2, -0.15) is 17.4 Å². The fourth-order valence-electron chi connectivity index (χ4n) is 2.80. The first-order valence-corrected chi connectivity index (χ1v) is 10.4. The third-order valence-electron chi connectivity index (χ3n) is 4.53. The molecule has 0 fully saturated rings. The van der Waals surface area contributed by atoms with Crippen LogP contribution in [0.15, 0.2) is 55.0 Å². The smallest absolute Gasteiger partial charge is 0.324 e. The predicted octanol–water partition coefficient (Wildman–Crippen LogP) is 2.20. The molecule has 10 heteroatoms. The van der Waals surface area contributed by atoms with Gasteiger partial charge in [0, 0.05) is 49.9 Å². The first-order chi connectivity index (χ1) is 14.1. The van der Waals surface area contributed by atoms with Crippen LogP contribution in [-0.4, -0.2) is 53.4 Å². The number of hydrogen-bond donors (Lipinski definition) is 2. The molecule has 0 aliphatic heterocycles. The molecule has 158 valence electrons. The van der Waals surface area contributed by atoms with Gasteiger partial charge in [0.2, 0.25) is 5.88 Å². The fourth-order valence-corrected chi connectivity index (χ4v) is 3.71. The number of hydrogen-bond acceptors (Lipinski definition) is 6. The lowest BCUT2D eigenvalue weighted by Gasteiger charge is -2.27. The molecular formula is C20H22N4O5S. The molecule has 1 aromatic carbocycles. The number of carbonyl (C=O) groups is 1. The molecule has 0 aliphatic rings. The van der Waals surface area contributed by atoms with Gasteiger partial charge in [0.15, 0.2) is 0 Å². The van der Waals surface area contributed by atoms with Crippen molar-refractivity contribution in [2.45, 2.75) is 18.9 Å². The van der Waals surface area contributed by atoms with Crippen LogP contribution in [0, 0.1) is 0 Å². The number of nitrogens with zero attached hydrogens (tertiary/aromatic N) is 3. The van der Waals surface area contributed by atoms with E-state index in [2.05, 4.69) is 14.7 Å². The molecule has 2 N–H and O–H groups in total. The quantitative estimate of drug-likeness (QED) is 0.562. The van der Waals surface area contributed by atoms with E-state index in [0.717, 1.165) is 15.1 Å². The minimum atomic E-state index is -3.93. The molecule has 9 nitrogen and oxygen atoms in total. The van der Waals surface area contributed by atoms with Crippen LogP contribution in [-0.2, 0) is 21.4 Å². The van der Waals surface area contributed by atoms with Crippen molar-refractivity contribution in [2.24, 2.45) is 0 Å². The Hall–Kier alpha value is -3.08. The number of benzene rings is 1. The van der Waals surface area contributed by atoms with E-state index in [1.807, 2.05) is 6.07 Å². The van der Waals surface area contributed by atoms with Gasteiger partial charge in [-0.15, -0.1) is 0 Å². The zero-order valence-corrected chi connectivity index (χ0v) is 17.5. The lowest BCUT2D eigenvalue weighted by Crippen LogP contribution is -2.56. The molecule has 0 spiro atoms. The van der Waals surface area contributed by atoms with Gasteiger partial charge in [0.25, 0.3) is 10.2 Å². The van der Waals surface area contributed by atoms with E-state index in [4.69, 9.17) is 4.74 Å². The average molecular weight is 430 g/mol. The number of aromatic nitrogens is 2. The highest BCUT2D eigenvalue weighted by molar-refractivity contribution is 7.87. The van der Waals surface area contributed by atoms with E-state index in [1.165, 1.54) is 21.0 Å². The Morgan fingerprint density at radius 3 is 2.50 bits per heavy atom. The van der Waals surface area contributed by atoms with Crippen molar-refractivity contribution in [1.29, 1.82) is 0 Å². The second-order valence-electron chi connectivity index (χ2n) is 7.16. The Morgan fingerprint density at radius 2 is 1.87 bits per heavy atom. The highest BCUT2D eigenvalue weighted by Gasteiger charge is 2.38. The van der Waals surface area contributed by atoms with Crippen LogP contribution in [0.3, 0.4) is 0 Å². The van der Waals surface area contributed by atoms with Crippen molar-refractivity contribution in [3.05, 3.63) is 60.6 Å². The Bertz CT molecular complexity index is 1160. The molecule has 0 saturated heterocycles. The molecule has 0 aliphatic carbocycles. The summed E-state index contributed by atoms with van der Waals surface area (Å²) in [5, 5.41) is 11.3. The van der Waals surface area contributed by atoms with Crippen molar-refractivity contribution < 1.29 is 23.1 Å². The van der Waals surface area contributed by atoms with Crippen LogP contribution >= 0.6 is 0 Å². The first-order valence-electron chi connectivity index (χ1n) is 9.01. The molecule has 0 bridgehead atoms. The third-order valence-corrected chi connectivity index (χ3v) is 6.20. The normalized spacial score (nSPS) is 13.9. The van der Waals surface area contributed by atoms with Crippen molar-refractivity contribution in [3.63, 3.8) is 0 Å². The summed E-state index contributed by atoms with van der Waals surface area (Å²) < 4.78 is 33.3. The van der Waals surface area contributed by atoms with Crippen LogP contribution < -0.4 is 9.46 Å². The zero-order valence-electron chi connectivity index (χ0n) is 16.7. The Morgan fingerprint density at radius 1 is 1.17 bits per heavy atom. The SMILES string of the molecule is CN(C)S(=O)(=O)N[C@@](C)(Cc1ccc(Oc2nccc3cnccc23)cc1)C(=O)O. The molecule has 0 radical (unpaired) electrons. The van der Waals surface area contributed by atoms with Gasteiger partial charge in [-0.1, -0.05) is 12.1 Å². The van der Waals surface area contributed by atoms with Crippen molar-refractivity contribution in [1.82, 2.24) is 19.0 Å². The van der Waals surface area contributed by atoms with E-state index in [1.54, 1.807) is 48.9 Å². The summed E-state index contributed by atoms with van der Waals surface area (Å²) in [5.41, 5.74) is -1.08. The Kier molecular flexibility index (Phi) is 6.01. The van der Waals surface area contributed by atoms with Gasteiger partial charge in [-0.05, 0) is 36.8 Å². The number of nitrogens with one attached hydrogen (secondary N) is 1. The van der Waals surface area contributed by atoms with Gasteiger partial charge in [-0.25, -0.2) is 4.98 Å². The molecular weight excluding hydrogens is 408 g/mol. The van der Waals surface area contributed by atoms with Crippen LogP contribution in [0.4, 0.5) is 0 Å². The van der Waals surface area contributed by atoms with Crippen LogP contribution in [0.2, 0.25) is 0 Å². The number of ether oxygens (including phenoxy) is 1. The summed E-state index contributed by atoms with van der Waals surface area (Å²) in [6.45, 7) is 1.33. The van der Waals surface area contributed by atoms with Crippen molar-refractivity contribution in [2.75, 3.05) is 14.1 Å². The summed E-state index contributed by atoms with van der Waals surface area (Å²) in [6.07, 6.45) is 4.95. The molecule has 0 saturated carbocycles. The largest absolute Gasteiger partial charge is 0.480 e. The molecule has 0 amide bonds. The molecule has 30 heavy (non-hydrogen) atoms. The summed E-state index contributed by atoms with van der Waals surface area (Å²) in [6, 6.07) is 10.4. The van der Waals surface area contributed by atoms with E-state index >= 15 is 0 Å². The topological polar surface area (TPSA) is 122 Å². The first kappa shape index (κ1) is 21.6. The van der Waals surface area contributed by atoms with E-state index in [-0.39, 0.29) is 6.42 Å². The average Bonchev–Trinajstić information content (AvgIpc) is 2.69. The maximum absolute atomic E-state index is 12.1. The molecule has 3 rings (SSSR count). The highest BCUT2D eigenvalue weighted by atomic mass is 32.2. The van der Waals surface area contributed by atoms with Crippen LogP contribution in [0.25, 0.3) is 10.8 Å². The fraction of sp³-hybridized carbons (Fsp3) is 0.250. The van der Waals surface area contributed by atoms with Crippen molar-refractivity contribution >= 4 is 27.0 Å². The molecule has 0 unspecified atom stereocenters. The number of fused-ring (bicyclic) bond motifs is 1. The summed E-state index contributed by atoms with van der Waals surface area (Å²) in [5.74, 6) is -0.333. The maximum atomic E-state index is 12.1. The highest BCUT2D eigenvalue weighted by Crippen LogP contribution is 2.27. The van der Waals surface area contributed by atoms with E-state index < -0.39 is 21.7 Å². The Labute approximate surface area is 174 Å². The zero-order chi connectivity index (χ0) is 21.9. The minimum absolute atomic E-state index is 0.0477. The number of pyridine rings is 2. The number of aliphatic carboxylic acids is 1. The lowest BCUT2D eigenvalue weighted by atomic mass is 9.94. The second kappa shape index (κ2) is 8.34. The lowest BCUT2D eigenvalue weighted by molar-refractivity contribution is -0.143. The molecule has 1 atom stereocenters. The van der Waals surface area contributed by atoms with Gasteiger partial charge in [-0.3, -0.25) is 9.78 Å². The van der Waals surface area contributed by atoms with E-state index in [9.17, 15) is 18.3 Å². The van der Waals surface area contributed by atoms with Crippen LogP contribution in [0.5, 0.6) is 11.6 Å². The van der Waals surface area contributed by atoms with Crippen molar-refractivity contribution in [3.8, 4) is 11.6 Å². The minimum Gasteiger partial charge on any atom is -0.480 e. The monoisotopic (exact) mass is 430 g/mol. The number of rotatable bonds is 8. The predicted molar refractivity (Wildman–Crippen MR) is 112 cm³/mol. The number of carboxylic acid groups (broad SMARTS) is 1. The summed E-state index contributed by atoms with van der Waals surface area (Å²) >= 11 is 0. The molecule has 3 aromatic rings.